The van der Waals surface area contributed by atoms with E-state index < -0.39 is 23.3 Å². The van der Waals surface area contributed by atoms with E-state index >= 15 is 0 Å². The summed E-state index contributed by atoms with van der Waals surface area (Å²) in [6, 6.07) is 0. The Kier molecular flexibility index (Phi) is 2.67. The van der Waals surface area contributed by atoms with Crippen LogP contribution >= 0.6 is 0 Å². The van der Waals surface area contributed by atoms with Gasteiger partial charge in [-0.25, -0.2) is 4.79 Å². The number of carboxylic acids is 2. The van der Waals surface area contributed by atoms with Crippen molar-refractivity contribution >= 4 is 11.9 Å². The number of rotatable bonds is 2. The Labute approximate surface area is 86.9 Å². The molecule has 1 aliphatic rings. The van der Waals surface area contributed by atoms with Crippen LogP contribution in [0.4, 0.5) is 0 Å². The van der Waals surface area contributed by atoms with E-state index in [9.17, 15) is 9.59 Å². The van der Waals surface area contributed by atoms with Crippen LogP contribution in [0.5, 0.6) is 0 Å². The molecule has 78 valence electrons. The maximum atomic E-state index is 10.9. The number of carboxylic acid groups (broad SMARTS) is 2. The summed E-state index contributed by atoms with van der Waals surface area (Å²) in [5, 5.41) is 17.9. The maximum absolute atomic E-state index is 10.9. The molecule has 2 atom stereocenters. The van der Waals surface area contributed by atoms with Gasteiger partial charge in [0.05, 0.1) is 16.9 Å². The molecule has 4 heteroatoms. The van der Waals surface area contributed by atoms with E-state index in [1.165, 1.54) is 25.2 Å². The molecule has 0 fully saturated rings. The third kappa shape index (κ3) is 1.64. The number of carbonyl (C=O) groups is 2. The summed E-state index contributed by atoms with van der Waals surface area (Å²) < 4.78 is 0. The predicted octanol–water partition coefficient (Wildman–Crippen LogP) is 0.907. The SMILES string of the molecule is C#CC1(C)C(C(=O)O)=CC=CC1C(=O)O. The lowest BCUT2D eigenvalue weighted by atomic mass is 9.69. The van der Waals surface area contributed by atoms with Crippen LogP contribution in [0.3, 0.4) is 0 Å². The van der Waals surface area contributed by atoms with E-state index in [-0.39, 0.29) is 5.57 Å². The van der Waals surface area contributed by atoms with Crippen molar-refractivity contribution in [2.75, 3.05) is 0 Å². The highest BCUT2D eigenvalue weighted by Gasteiger charge is 2.43. The van der Waals surface area contributed by atoms with Crippen LogP contribution in [0.2, 0.25) is 0 Å². The molecule has 1 aliphatic carbocycles. The van der Waals surface area contributed by atoms with E-state index in [2.05, 4.69) is 5.92 Å². The third-order valence-corrected chi connectivity index (χ3v) is 2.54. The standard InChI is InChI=1S/C11H10O4/c1-3-11(2)7(9(12)13)5-4-6-8(11)10(14)15/h1,4-7H,2H3,(H,12,13)(H,14,15). The molecule has 0 saturated carbocycles. The number of terminal acetylenes is 1. The molecule has 1 rings (SSSR count). The number of hydrogen-bond donors (Lipinski definition) is 2. The molecule has 4 nitrogen and oxygen atoms in total. The summed E-state index contributed by atoms with van der Waals surface area (Å²) >= 11 is 0. The molecule has 15 heavy (non-hydrogen) atoms. The topological polar surface area (TPSA) is 74.6 Å². The second-order valence-electron chi connectivity index (χ2n) is 3.43. The second kappa shape index (κ2) is 3.62. The molecule has 0 aliphatic heterocycles. The summed E-state index contributed by atoms with van der Waals surface area (Å²) in [6.45, 7) is 1.44. The summed E-state index contributed by atoms with van der Waals surface area (Å²) in [5.74, 6) is -1.05. The molecule has 0 saturated heterocycles. The minimum absolute atomic E-state index is 0.0695. The summed E-state index contributed by atoms with van der Waals surface area (Å²) in [4.78, 5) is 21.8. The minimum Gasteiger partial charge on any atom is -0.481 e. The summed E-state index contributed by atoms with van der Waals surface area (Å²) in [6.07, 6.45) is 9.38. The predicted molar refractivity (Wildman–Crippen MR) is 52.9 cm³/mol. The lowest BCUT2D eigenvalue weighted by Crippen LogP contribution is -2.36. The molecule has 0 aromatic heterocycles. The van der Waals surface area contributed by atoms with Crippen LogP contribution in [0.1, 0.15) is 6.92 Å². The Balaban J connectivity index is 3.28. The van der Waals surface area contributed by atoms with Gasteiger partial charge < -0.3 is 10.2 Å². The van der Waals surface area contributed by atoms with E-state index in [4.69, 9.17) is 16.6 Å². The van der Waals surface area contributed by atoms with Gasteiger partial charge in [0.25, 0.3) is 0 Å². The first-order valence-electron chi connectivity index (χ1n) is 4.26. The van der Waals surface area contributed by atoms with Gasteiger partial charge in [-0.15, -0.1) is 6.42 Å². The van der Waals surface area contributed by atoms with Crippen LogP contribution in [0.15, 0.2) is 23.8 Å². The van der Waals surface area contributed by atoms with E-state index in [1.54, 1.807) is 0 Å². The normalized spacial score (nSPS) is 29.1. The van der Waals surface area contributed by atoms with Gasteiger partial charge in [0.15, 0.2) is 0 Å². The largest absolute Gasteiger partial charge is 0.481 e. The van der Waals surface area contributed by atoms with Crippen molar-refractivity contribution in [2.24, 2.45) is 11.3 Å². The van der Waals surface area contributed by atoms with E-state index in [0.717, 1.165) is 0 Å². The molecular weight excluding hydrogens is 196 g/mol. The van der Waals surface area contributed by atoms with Gasteiger partial charge in [0.1, 0.15) is 0 Å². The minimum atomic E-state index is -1.30. The molecule has 0 aromatic rings. The zero-order valence-electron chi connectivity index (χ0n) is 8.10. The average Bonchev–Trinajstić information content (AvgIpc) is 2.17. The summed E-state index contributed by atoms with van der Waals surface area (Å²) in [7, 11) is 0. The Morgan fingerprint density at radius 1 is 1.53 bits per heavy atom. The first kappa shape index (κ1) is 11.1. The van der Waals surface area contributed by atoms with Gasteiger partial charge in [0.2, 0.25) is 0 Å². The number of aliphatic carboxylic acids is 2. The van der Waals surface area contributed by atoms with Crippen LogP contribution in [0.25, 0.3) is 0 Å². The zero-order valence-corrected chi connectivity index (χ0v) is 8.10. The average molecular weight is 206 g/mol. The van der Waals surface area contributed by atoms with Crippen molar-refractivity contribution in [3.8, 4) is 12.3 Å². The van der Waals surface area contributed by atoms with Gasteiger partial charge in [-0.05, 0) is 6.92 Å². The van der Waals surface area contributed by atoms with Gasteiger partial charge >= 0.3 is 11.9 Å². The first-order chi connectivity index (χ1) is 6.93. The molecule has 0 aromatic carbocycles. The molecule has 2 N–H and O–H groups in total. The molecule has 0 bridgehead atoms. The van der Waals surface area contributed by atoms with Crippen molar-refractivity contribution in [2.45, 2.75) is 6.92 Å². The zero-order chi connectivity index (χ0) is 11.6. The van der Waals surface area contributed by atoms with Crippen molar-refractivity contribution < 1.29 is 19.8 Å². The number of allylic oxidation sites excluding steroid dienone is 2. The van der Waals surface area contributed by atoms with Crippen molar-refractivity contribution in [3.63, 3.8) is 0 Å². The lowest BCUT2D eigenvalue weighted by molar-refractivity contribution is -0.142. The Morgan fingerprint density at radius 2 is 2.13 bits per heavy atom. The maximum Gasteiger partial charge on any atom is 0.333 e. The number of hydrogen-bond acceptors (Lipinski definition) is 2. The quantitative estimate of drug-likeness (QED) is 0.658. The lowest BCUT2D eigenvalue weighted by Gasteiger charge is -2.31. The Hall–Kier alpha value is -2.02. The molecule has 2 unspecified atom stereocenters. The Bertz CT molecular complexity index is 411. The third-order valence-electron chi connectivity index (χ3n) is 2.54. The fourth-order valence-electron chi connectivity index (χ4n) is 1.59. The van der Waals surface area contributed by atoms with E-state index in [0.29, 0.717) is 0 Å². The van der Waals surface area contributed by atoms with Crippen LogP contribution in [-0.4, -0.2) is 22.2 Å². The molecule has 0 radical (unpaired) electrons. The van der Waals surface area contributed by atoms with Crippen molar-refractivity contribution in [3.05, 3.63) is 23.8 Å². The van der Waals surface area contributed by atoms with Gasteiger partial charge in [-0.3, -0.25) is 4.79 Å². The molecular formula is C11H10O4. The van der Waals surface area contributed by atoms with Crippen molar-refractivity contribution in [1.82, 2.24) is 0 Å². The Morgan fingerprint density at radius 3 is 2.53 bits per heavy atom. The second-order valence-corrected chi connectivity index (χ2v) is 3.43. The highest BCUT2D eigenvalue weighted by molar-refractivity contribution is 5.92. The molecule has 0 amide bonds. The monoisotopic (exact) mass is 206 g/mol. The molecule has 0 heterocycles. The molecule has 0 spiro atoms. The van der Waals surface area contributed by atoms with Gasteiger partial charge in [-0.2, -0.15) is 0 Å². The highest BCUT2D eigenvalue weighted by Crippen LogP contribution is 2.38. The van der Waals surface area contributed by atoms with Crippen LogP contribution < -0.4 is 0 Å². The first-order valence-corrected chi connectivity index (χ1v) is 4.26. The fraction of sp³-hybridized carbons (Fsp3) is 0.273. The summed E-state index contributed by atoms with van der Waals surface area (Å²) in [5.41, 5.74) is -1.37. The van der Waals surface area contributed by atoms with Crippen LogP contribution in [-0.2, 0) is 9.59 Å². The van der Waals surface area contributed by atoms with Gasteiger partial charge in [-0.1, -0.05) is 24.1 Å². The van der Waals surface area contributed by atoms with Crippen molar-refractivity contribution in [1.29, 1.82) is 0 Å². The fourth-order valence-corrected chi connectivity index (χ4v) is 1.59. The van der Waals surface area contributed by atoms with Gasteiger partial charge in [0, 0.05) is 0 Å². The van der Waals surface area contributed by atoms with E-state index in [1.807, 2.05) is 0 Å². The van der Waals surface area contributed by atoms with Crippen LogP contribution in [0, 0.1) is 23.7 Å². The smallest absolute Gasteiger partial charge is 0.333 e. The highest BCUT2D eigenvalue weighted by atomic mass is 16.4.